The van der Waals surface area contributed by atoms with Crippen LogP contribution in [0.25, 0.3) is 0 Å². The maximum atomic E-state index is 12.8. The number of rotatable bonds is 6. The molecule has 0 unspecified atom stereocenters. The molecule has 0 heterocycles. The predicted molar refractivity (Wildman–Crippen MR) is 109 cm³/mol. The second-order valence-corrected chi connectivity index (χ2v) is 8.47. The van der Waals surface area contributed by atoms with Crippen molar-refractivity contribution in [3.05, 3.63) is 99.5 Å². The van der Waals surface area contributed by atoms with Gasteiger partial charge >= 0.3 is 0 Å². The molecule has 3 aromatic carbocycles. The smallest absolute Gasteiger partial charge is 0.236 e. The molecule has 3 rings (SSSR count). The number of carbonyl (C=O) groups is 1. The van der Waals surface area contributed by atoms with Crippen LogP contribution in [0.2, 0.25) is 10.0 Å². The van der Waals surface area contributed by atoms with Gasteiger partial charge in [0.25, 0.3) is 0 Å². The monoisotopic (exact) mass is 419 g/mol. The predicted octanol–water partition coefficient (Wildman–Crippen LogP) is 5.17. The number of hydrogen-bond acceptors (Lipinski definition) is 3. The van der Waals surface area contributed by atoms with Crippen molar-refractivity contribution in [3.63, 3.8) is 0 Å². The molecular formula is C20H15Cl2NO3S. The van der Waals surface area contributed by atoms with Crippen molar-refractivity contribution in [1.29, 1.82) is 0 Å². The van der Waals surface area contributed by atoms with Crippen LogP contribution in [0.1, 0.15) is 21.5 Å². The van der Waals surface area contributed by atoms with Gasteiger partial charge in [-0.05, 0) is 35.9 Å². The molecule has 4 nitrogen and oxygen atoms in total. The fourth-order valence-corrected chi connectivity index (χ4v) is 4.06. The molecule has 138 valence electrons. The number of ketones is 1. The van der Waals surface area contributed by atoms with E-state index in [4.69, 9.17) is 23.2 Å². The van der Waals surface area contributed by atoms with E-state index < -0.39 is 10.0 Å². The Kier molecular flexibility index (Phi) is 5.85. The maximum Gasteiger partial charge on any atom is 0.236 e. The van der Waals surface area contributed by atoms with Crippen LogP contribution in [0.4, 0.5) is 5.69 Å². The van der Waals surface area contributed by atoms with E-state index in [2.05, 4.69) is 4.72 Å². The molecule has 0 saturated heterocycles. The fraction of sp³-hybridized carbons (Fsp3) is 0.0500. The van der Waals surface area contributed by atoms with E-state index in [-0.39, 0.29) is 22.8 Å². The van der Waals surface area contributed by atoms with Gasteiger partial charge in [-0.3, -0.25) is 9.52 Å². The Bertz CT molecular complexity index is 1070. The number of anilines is 1. The van der Waals surface area contributed by atoms with E-state index in [1.165, 1.54) is 18.2 Å². The summed E-state index contributed by atoms with van der Waals surface area (Å²) in [5.41, 5.74) is 1.39. The van der Waals surface area contributed by atoms with Crippen molar-refractivity contribution in [1.82, 2.24) is 0 Å². The van der Waals surface area contributed by atoms with Gasteiger partial charge in [-0.25, -0.2) is 8.42 Å². The molecule has 1 N–H and O–H groups in total. The normalized spacial score (nSPS) is 11.2. The van der Waals surface area contributed by atoms with E-state index in [0.717, 1.165) is 0 Å². The molecule has 7 heteroatoms. The van der Waals surface area contributed by atoms with Crippen molar-refractivity contribution in [2.45, 2.75) is 5.75 Å². The molecule has 0 spiro atoms. The number of hydrogen-bond donors (Lipinski definition) is 1. The van der Waals surface area contributed by atoms with Crippen LogP contribution >= 0.6 is 23.2 Å². The molecule has 0 aliphatic rings. The second kappa shape index (κ2) is 8.13. The highest BCUT2D eigenvalue weighted by atomic mass is 35.5. The molecule has 0 saturated carbocycles. The van der Waals surface area contributed by atoms with E-state index in [1.54, 1.807) is 54.6 Å². The Hall–Kier alpha value is -2.34. The Morgan fingerprint density at radius 1 is 0.852 bits per heavy atom. The minimum atomic E-state index is -3.74. The lowest BCUT2D eigenvalue weighted by molar-refractivity contribution is 0.103. The summed E-state index contributed by atoms with van der Waals surface area (Å²) in [6, 6.07) is 19.6. The number of nitrogens with one attached hydrogen (secondary N) is 1. The number of sulfonamides is 1. The minimum Gasteiger partial charge on any atom is -0.289 e. The second-order valence-electron chi connectivity index (χ2n) is 5.87. The Morgan fingerprint density at radius 2 is 1.48 bits per heavy atom. The lowest BCUT2D eigenvalue weighted by Crippen LogP contribution is -2.17. The highest BCUT2D eigenvalue weighted by Crippen LogP contribution is 2.25. The van der Waals surface area contributed by atoms with Gasteiger partial charge in [0.15, 0.2) is 5.78 Å². The quantitative estimate of drug-likeness (QED) is 0.560. The van der Waals surface area contributed by atoms with Crippen LogP contribution in [0.15, 0.2) is 72.8 Å². The first-order valence-corrected chi connectivity index (χ1v) is 10.4. The largest absolute Gasteiger partial charge is 0.289 e. The average Bonchev–Trinajstić information content (AvgIpc) is 2.65. The van der Waals surface area contributed by atoms with Crippen LogP contribution < -0.4 is 4.72 Å². The molecular weight excluding hydrogens is 405 g/mol. The van der Waals surface area contributed by atoms with Crippen molar-refractivity contribution >= 4 is 44.7 Å². The zero-order valence-corrected chi connectivity index (χ0v) is 16.4. The molecule has 27 heavy (non-hydrogen) atoms. The number of benzene rings is 3. The van der Waals surface area contributed by atoms with Gasteiger partial charge in [0.1, 0.15) is 0 Å². The summed E-state index contributed by atoms with van der Waals surface area (Å²) in [5, 5.41) is 0.868. The molecule has 0 aliphatic carbocycles. The third-order valence-corrected chi connectivity index (χ3v) is 5.53. The minimum absolute atomic E-state index is 0.183. The van der Waals surface area contributed by atoms with Gasteiger partial charge in [-0.1, -0.05) is 65.7 Å². The van der Waals surface area contributed by atoms with Gasteiger partial charge in [-0.15, -0.1) is 0 Å². The summed E-state index contributed by atoms with van der Waals surface area (Å²) in [7, 11) is -3.74. The summed E-state index contributed by atoms with van der Waals surface area (Å²) < 4.78 is 27.6. The third-order valence-electron chi connectivity index (χ3n) is 3.80. The van der Waals surface area contributed by atoms with Gasteiger partial charge < -0.3 is 0 Å². The summed E-state index contributed by atoms with van der Waals surface area (Å²) in [6.45, 7) is 0. The SMILES string of the molecule is O=C(c1ccccc1)c1cc(Cl)ccc1NS(=O)(=O)Cc1ccc(Cl)cc1. The zero-order valence-electron chi connectivity index (χ0n) is 14.0. The van der Waals surface area contributed by atoms with Crippen molar-refractivity contribution in [2.75, 3.05) is 4.72 Å². The van der Waals surface area contributed by atoms with E-state index in [0.29, 0.717) is 21.2 Å². The van der Waals surface area contributed by atoms with Gasteiger partial charge in [0.05, 0.1) is 11.4 Å². The number of halogens is 2. The summed E-state index contributed by atoms with van der Waals surface area (Å²) in [5.74, 6) is -0.562. The Labute approximate surface area is 167 Å². The fourth-order valence-electron chi connectivity index (χ4n) is 2.54. The highest BCUT2D eigenvalue weighted by Gasteiger charge is 2.19. The third kappa shape index (κ3) is 5.10. The first kappa shape index (κ1) is 19.4. The summed E-state index contributed by atoms with van der Waals surface area (Å²) in [6.07, 6.45) is 0. The molecule has 0 aliphatic heterocycles. The van der Waals surface area contributed by atoms with E-state index in [1.807, 2.05) is 0 Å². The standard InChI is InChI=1S/C20H15Cl2NO3S/c21-16-8-6-14(7-9-16)13-27(25,26)23-19-11-10-17(22)12-18(19)20(24)15-4-2-1-3-5-15/h1-12,23H,13H2. The average molecular weight is 420 g/mol. The molecule has 3 aromatic rings. The first-order chi connectivity index (χ1) is 12.8. The maximum absolute atomic E-state index is 12.8. The number of carbonyl (C=O) groups excluding carboxylic acids is 1. The molecule has 0 aromatic heterocycles. The van der Waals surface area contributed by atoms with Crippen molar-refractivity contribution < 1.29 is 13.2 Å². The van der Waals surface area contributed by atoms with E-state index in [9.17, 15) is 13.2 Å². The molecule has 0 fully saturated rings. The van der Waals surface area contributed by atoms with Crippen LogP contribution in [-0.4, -0.2) is 14.2 Å². The topological polar surface area (TPSA) is 63.2 Å². The van der Waals surface area contributed by atoms with Crippen molar-refractivity contribution in [3.8, 4) is 0 Å². The Morgan fingerprint density at radius 3 is 2.15 bits per heavy atom. The van der Waals surface area contributed by atoms with Gasteiger partial charge in [0.2, 0.25) is 10.0 Å². The van der Waals surface area contributed by atoms with Gasteiger partial charge in [-0.2, -0.15) is 0 Å². The molecule has 0 radical (unpaired) electrons. The summed E-state index contributed by atoms with van der Waals surface area (Å²) >= 11 is 11.8. The molecule has 0 atom stereocenters. The van der Waals surface area contributed by atoms with Crippen LogP contribution in [0.5, 0.6) is 0 Å². The lowest BCUT2D eigenvalue weighted by atomic mass is 10.0. The highest BCUT2D eigenvalue weighted by molar-refractivity contribution is 7.91. The van der Waals surface area contributed by atoms with E-state index >= 15 is 0 Å². The Balaban J connectivity index is 1.90. The molecule has 0 amide bonds. The first-order valence-electron chi connectivity index (χ1n) is 7.98. The van der Waals surface area contributed by atoms with Crippen LogP contribution in [-0.2, 0) is 15.8 Å². The zero-order chi connectivity index (χ0) is 19.4. The summed E-state index contributed by atoms with van der Waals surface area (Å²) in [4.78, 5) is 12.8. The van der Waals surface area contributed by atoms with Gasteiger partial charge in [0, 0.05) is 21.2 Å². The van der Waals surface area contributed by atoms with Crippen LogP contribution in [0.3, 0.4) is 0 Å². The molecule has 0 bridgehead atoms. The van der Waals surface area contributed by atoms with Crippen molar-refractivity contribution in [2.24, 2.45) is 0 Å². The lowest BCUT2D eigenvalue weighted by Gasteiger charge is -2.13. The van der Waals surface area contributed by atoms with Crippen LogP contribution in [0, 0.1) is 0 Å².